The van der Waals surface area contributed by atoms with Crippen molar-refractivity contribution in [1.82, 2.24) is 4.98 Å². The number of fused-ring (bicyclic) bond motifs is 8. The first-order valence-electron chi connectivity index (χ1n) is 21.0. The van der Waals surface area contributed by atoms with Gasteiger partial charge in [0.05, 0.1) is 11.1 Å². The third kappa shape index (κ3) is 5.70. The van der Waals surface area contributed by atoms with Crippen LogP contribution in [0.15, 0.2) is 239 Å². The summed E-state index contributed by atoms with van der Waals surface area (Å²) in [6.07, 6.45) is 0. The zero-order valence-electron chi connectivity index (χ0n) is 33.7. The van der Waals surface area contributed by atoms with Crippen LogP contribution in [0.4, 0.5) is 17.1 Å². The number of rotatable bonds is 8. The van der Waals surface area contributed by atoms with Crippen LogP contribution in [-0.4, -0.2) is 13.1 Å². The van der Waals surface area contributed by atoms with Crippen molar-refractivity contribution in [3.8, 4) is 11.5 Å². The fourth-order valence-corrected chi connectivity index (χ4v) is 14.5. The van der Waals surface area contributed by atoms with E-state index in [0.29, 0.717) is 5.89 Å². The molecule has 62 heavy (non-hydrogen) atoms. The Kier molecular flexibility index (Phi) is 8.47. The smallest absolute Gasteiger partial charge is 0.227 e. The molecule has 0 atom stereocenters. The summed E-state index contributed by atoms with van der Waals surface area (Å²) in [5, 5.41) is 11.8. The van der Waals surface area contributed by atoms with Gasteiger partial charge < -0.3 is 13.7 Å². The molecule has 2 heterocycles. The molecule has 0 N–H and O–H groups in total. The first-order valence-corrected chi connectivity index (χ1v) is 23.0. The van der Waals surface area contributed by atoms with Crippen molar-refractivity contribution in [2.75, 3.05) is 4.90 Å². The van der Waals surface area contributed by atoms with E-state index in [-0.39, 0.29) is 0 Å². The second kappa shape index (κ2) is 14.6. The standard InChI is InChI=1S/C57H38N2O2Si/c1-5-17-41(18-6-1)57-58-50-36-34-40-32-31-39-33-35-43(38-49(39)54(40)56(50)61-57)59(51-28-16-30-53-55(51)48-27-13-14-29-52(48)60-53)42-19-15-26-47(37-42)62(44-20-7-2-8-21-44,45-22-9-3-10-23-45)46-24-11-4-12-25-46/h1-38H. The van der Waals surface area contributed by atoms with Crippen LogP contribution < -0.4 is 25.6 Å². The first kappa shape index (κ1) is 35.9. The number of furan rings is 1. The van der Waals surface area contributed by atoms with E-state index in [1.54, 1.807) is 0 Å². The van der Waals surface area contributed by atoms with Crippen molar-refractivity contribution < 1.29 is 8.83 Å². The van der Waals surface area contributed by atoms with Gasteiger partial charge in [0, 0.05) is 27.7 Å². The van der Waals surface area contributed by atoms with E-state index in [1.807, 2.05) is 36.4 Å². The van der Waals surface area contributed by atoms with Gasteiger partial charge in [-0.25, -0.2) is 4.98 Å². The summed E-state index contributed by atoms with van der Waals surface area (Å²) in [5.74, 6) is 0.612. The van der Waals surface area contributed by atoms with Crippen molar-refractivity contribution in [2.45, 2.75) is 0 Å². The maximum absolute atomic E-state index is 6.69. The molecule has 0 radical (unpaired) electrons. The predicted octanol–water partition coefficient (Wildman–Crippen LogP) is 12.5. The maximum Gasteiger partial charge on any atom is 0.227 e. The summed E-state index contributed by atoms with van der Waals surface area (Å²) in [6.45, 7) is 0. The van der Waals surface area contributed by atoms with E-state index in [0.717, 1.165) is 77.2 Å². The molecule has 12 aromatic rings. The van der Waals surface area contributed by atoms with Crippen LogP contribution in [0.25, 0.3) is 66.0 Å². The maximum atomic E-state index is 6.69. The van der Waals surface area contributed by atoms with Gasteiger partial charge in [-0.05, 0) is 97.6 Å². The van der Waals surface area contributed by atoms with Crippen LogP contribution >= 0.6 is 0 Å². The quantitative estimate of drug-likeness (QED) is 0.0871. The highest BCUT2D eigenvalue weighted by Gasteiger charge is 2.41. The molecule has 0 unspecified atom stereocenters. The number of anilines is 3. The fraction of sp³-hybridized carbons (Fsp3) is 0. The van der Waals surface area contributed by atoms with Gasteiger partial charge in [-0.15, -0.1) is 0 Å². The summed E-state index contributed by atoms with van der Waals surface area (Å²) in [6, 6.07) is 82.9. The number of benzene rings is 10. The highest BCUT2D eigenvalue weighted by Crippen LogP contribution is 2.44. The van der Waals surface area contributed by atoms with Gasteiger partial charge in [-0.3, -0.25) is 0 Å². The van der Waals surface area contributed by atoms with Gasteiger partial charge in [-0.2, -0.15) is 0 Å². The van der Waals surface area contributed by atoms with Gasteiger partial charge >= 0.3 is 0 Å². The number of nitrogens with zero attached hydrogens (tertiary/aromatic N) is 2. The predicted molar refractivity (Wildman–Crippen MR) is 260 cm³/mol. The van der Waals surface area contributed by atoms with Crippen LogP contribution in [0.1, 0.15) is 0 Å². The molecule has 0 spiro atoms. The zero-order chi connectivity index (χ0) is 41.0. The second-order valence-electron chi connectivity index (χ2n) is 15.9. The van der Waals surface area contributed by atoms with Crippen molar-refractivity contribution in [3.05, 3.63) is 231 Å². The number of aromatic nitrogens is 1. The Morgan fingerprint density at radius 3 is 1.68 bits per heavy atom. The lowest BCUT2D eigenvalue weighted by molar-refractivity contribution is 0.623. The Morgan fingerprint density at radius 2 is 0.952 bits per heavy atom. The monoisotopic (exact) mass is 810 g/mol. The first-order chi connectivity index (χ1) is 30.7. The molecule has 0 aliphatic heterocycles. The molecule has 12 rings (SSSR count). The van der Waals surface area contributed by atoms with Crippen molar-refractivity contribution in [3.63, 3.8) is 0 Å². The highest BCUT2D eigenvalue weighted by atomic mass is 28.3. The third-order valence-corrected chi connectivity index (χ3v) is 17.2. The van der Waals surface area contributed by atoms with Crippen LogP contribution in [0, 0.1) is 0 Å². The third-order valence-electron chi connectivity index (χ3n) is 12.4. The molecular formula is C57H38N2O2Si. The molecule has 0 amide bonds. The van der Waals surface area contributed by atoms with Gasteiger partial charge in [0.15, 0.2) is 13.7 Å². The Labute approximate surface area is 359 Å². The molecule has 292 valence electrons. The molecule has 0 bridgehead atoms. The largest absolute Gasteiger partial charge is 0.456 e. The van der Waals surface area contributed by atoms with Crippen LogP contribution in [0.2, 0.25) is 0 Å². The summed E-state index contributed by atoms with van der Waals surface area (Å²) in [5.41, 5.74) is 7.37. The summed E-state index contributed by atoms with van der Waals surface area (Å²) in [7, 11) is -2.86. The minimum Gasteiger partial charge on any atom is -0.456 e. The van der Waals surface area contributed by atoms with Crippen molar-refractivity contribution in [2.24, 2.45) is 0 Å². The summed E-state index contributed by atoms with van der Waals surface area (Å²) >= 11 is 0. The minimum atomic E-state index is -2.86. The SMILES string of the molecule is c1ccc(-c2nc3ccc4ccc5ccc(N(c6cccc([Si](c7ccccc7)(c7ccccc7)c7ccccc7)c6)c6cccc7oc8ccccc8c67)cc5c4c3o2)cc1. The number of oxazole rings is 1. The van der Waals surface area contributed by atoms with E-state index in [9.17, 15) is 0 Å². The molecular weight excluding hydrogens is 773 g/mol. The van der Waals surface area contributed by atoms with Gasteiger partial charge in [-0.1, -0.05) is 170 Å². The number of para-hydroxylation sites is 1. The molecule has 0 aliphatic rings. The lowest BCUT2D eigenvalue weighted by atomic mass is 9.99. The average molecular weight is 811 g/mol. The summed E-state index contributed by atoms with van der Waals surface area (Å²) in [4.78, 5) is 7.39. The fourth-order valence-electron chi connectivity index (χ4n) is 9.67. The van der Waals surface area contributed by atoms with Gasteiger partial charge in [0.1, 0.15) is 16.7 Å². The molecule has 10 aromatic carbocycles. The average Bonchev–Trinajstić information content (AvgIpc) is 3.96. The normalized spacial score (nSPS) is 11.9. The molecule has 0 aliphatic carbocycles. The molecule has 0 saturated heterocycles. The minimum absolute atomic E-state index is 0.612. The lowest BCUT2D eigenvalue weighted by Crippen LogP contribution is -2.74. The van der Waals surface area contributed by atoms with Crippen molar-refractivity contribution >= 4 is 100 Å². The molecule has 0 fully saturated rings. The molecule has 0 saturated carbocycles. The van der Waals surface area contributed by atoms with Crippen LogP contribution in [0.5, 0.6) is 0 Å². The topological polar surface area (TPSA) is 42.4 Å². The zero-order valence-corrected chi connectivity index (χ0v) is 34.7. The Hall–Kier alpha value is -7.99. The Balaban J connectivity index is 1.15. The van der Waals surface area contributed by atoms with E-state index in [4.69, 9.17) is 13.8 Å². The van der Waals surface area contributed by atoms with E-state index in [1.165, 1.54) is 20.7 Å². The lowest BCUT2D eigenvalue weighted by Gasteiger charge is -2.35. The number of hydrogen-bond acceptors (Lipinski definition) is 4. The van der Waals surface area contributed by atoms with Gasteiger partial charge in [0.25, 0.3) is 0 Å². The van der Waals surface area contributed by atoms with Gasteiger partial charge in [0.2, 0.25) is 5.89 Å². The van der Waals surface area contributed by atoms with E-state index in [2.05, 4.69) is 199 Å². The van der Waals surface area contributed by atoms with Crippen LogP contribution in [-0.2, 0) is 0 Å². The van der Waals surface area contributed by atoms with E-state index >= 15 is 0 Å². The molecule has 4 nitrogen and oxygen atoms in total. The number of hydrogen-bond donors (Lipinski definition) is 0. The Morgan fingerprint density at radius 1 is 0.387 bits per heavy atom. The highest BCUT2D eigenvalue weighted by molar-refractivity contribution is 7.19. The molecule has 2 aromatic heterocycles. The van der Waals surface area contributed by atoms with E-state index < -0.39 is 8.07 Å². The molecule has 5 heteroatoms. The van der Waals surface area contributed by atoms with Crippen molar-refractivity contribution in [1.29, 1.82) is 0 Å². The Bertz CT molecular complexity index is 3490. The second-order valence-corrected chi connectivity index (χ2v) is 19.7. The summed E-state index contributed by atoms with van der Waals surface area (Å²) < 4.78 is 13.2. The van der Waals surface area contributed by atoms with Crippen LogP contribution in [0.3, 0.4) is 0 Å².